The topological polar surface area (TPSA) is 38.5 Å². The van der Waals surface area contributed by atoms with Crippen molar-refractivity contribution in [2.24, 2.45) is 5.73 Å². The van der Waals surface area contributed by atoms with Crippen molar-refractivity contribution in [2.45, 2.75) is 38.8 Å². The minimum atomic E-state index is -0.232. The maximum absolute atomic E-state index is 13.4. The molecular weight excluding hydrogens is 243 g/mol. The molecule has 2 N–H and O–H groups in total. The first-order valence-corrected chi connectivity index (χ1v) is 7.03. The van der Waals surface area contributed by atoms with Crippen molar-refractivity contribution in [2.75, 3.05) is 24.6 Å². The van der Waals surface area contributed by atoms with Gasteiger partial charge in [-0.3, -0.25) is 0 Å². The predicted molar refractivity (Wildman–Crippen MR) is 75.9 cm³/mol. The van der Waals surface area contributed by atoms with Gasteiger partial charge in [-0.05, 0) is 50.5 Å². The lowest BCUT2D eigenvalue weighted by molar-refractivity contribution is 0.115. The summed E-state index contributed by atoms with van der Waals surface area (Å²) in [5.41, 5.74) is 7.84. The Morgan fingerprint density at radius 2 is 2.32 bits per heavy atom. The molecule has 0 aliphatic carbocycles. The van der Waals surface area contributed by atoms with Gasteiger partial charge in [-0.15, -0.1) is 0 Å². The van der Waals surface area contributed by atoms with Gasteiger partial charge >= 0.3 is 0 Å². The SMILES string of the molecule is CCN(CC1CCCO1)c1ccc(F)cc1[C@H](C)N. The van der Waals surface area contributed by atoms with Gasteiger partial charge < -0.3 is 15.4 Å². The van der Waals surface area contributed by atoms with E-state index in [1.54, 1.807) is 0 Å². The number of nitrogens with two attached hydrogens (primary N) is 1. The second kappa shape index (κ2) is 6.35. The van der Waals surface area contributed by atoms with Gasteiger partial charge in [-0.25, -0.2) is 4.39 Å². The van der Waals surface area contributed by atoms with E-state index in [1.165, 1.54) is 12.1 Å². The third-order valence-corrected chi connectivity index (χ3v) is 3.65. The highest BCUT2D eigenvalue weighted by atomic mass is 19.1. The molecule has 1 fully saturated rings. The van der Waals surface area contributed by atoms with Gasteiger partial charge in [0, 0.05) is 31.4 Å². The monoisotopic (exact) mass is 266 g/mol. The fourth-order valence-electron chi connectivity index (χ4n) is 2.61. The van der Waals surface area contributed by atoms with Crippen molar-refractivity contribution in [1.82, 2.24) is 0 Å². The van der Waals surface area contributed by atoms with Crippen LogP contribution in [0.25, 0.3) is 0 Å². The van der Waals surface area contributed by atoms with E-state index in [2.05, 4.69) is 11.8 Å². The number of benzene rings is 1. The summed E-state index contributed by atoms with van der Waals surface area (Å²) < 4.78 is 19.1. The van der Waals surface area contributed by atoms with Gasteiger partial charge in [-0.2, -0.15) is 0 Å². The van der Waals surface area contributed by atoms with Crippen molar-refractivity contribution in [3.63, 3.8) is 0 Å². The van der Waals surface area contributed by atoms with Crippen LogP contribution in [-0.4, -0.2) is 25.8 Å². The molecule has 1 aromatic carbocycles. The Hall–Kier alpha value is -1.13. The highest BCUT2D eigenvalue weighted by Crippen LogP contribution is 2.27. The van der Waals surface area contributed by atoms with Crippen molar-refractivity contribution >= 4 is 5.69 Å². The fourth-order valence-corrected chi connectivity index (χ4v) is 2.61. The van der Waals surface area contributed by atoms with Crippen LogP contribution in [-0.2, 0) is 4.74 Å². The van der Waals surface area contributed by atoms with Gasteiger partial charge in [0.1, 0.15) is 5.82 Å². The van der Waals surface area contributed by atoms with E-state index < -0.39 is 0 Å². The maximum atomic E-state index is 13.4. The maximum Gasteiger partial charge on any atom is 0.123 e. The molecule has 1 aliphatic rings. The first kappa shape index (κ1) is 14.3. The molecule has 2 atom stereocenters. The molecule has 0 spiro atoms. The third-order valence-electron chi connectivity index (χ3n) is 3.65. The van der Waals surface area contributed by atoms with E-state index in [9.17, 15) is 4.39 Å². The number of rotatable bonds is 5. The molecule has 0 bridgehead atoms. The molecule has 0 amide bonds. The zero-order chi connectivity index (χ0) is 13.8. The second-order valence-electron chi connectivity index (χ2n) is 5.17. The minimum Gasteiger partial charge on any atom is -0.376 e. The van der Waals surface area contributed by atoms with E-state index >= 15 is 0 Å². The fraction of sp³-hybridized carbons (Fsp3) is 0.600. The van der Waals surface area contributed by atoms with Crippen LogP contribution in [0, 0.1) is 5.82 Å². The summed E-state index contributed by atoms with van der Waals surface area (Å²) in [5.74, 6) is -0.232. The Morgan fingerprint density at radius 3 is 2.89 bits per heavy atom. The van der Waals surface area contributed by atoms with Gasteiger partial charge in [-0.1, -0.05) is 0 Å². The molecule has 0 aromatic heterocycles. The van der Waals surface area contributed by atoms with Crippen LogP contribution in [0.15, 0.2) is 18.2 Å². The Labute approximate surface area is 114 Å². The van der Waals surface area contributed by atoms with Gasteiger partial charge in [0.15, 0.2) is 0 Å². The molecular formula is C15H23FN2O. The highest BCUT2D eigenvalue weighted by molar-refractivity contribution is 5.55. The minimum absolute atomic E-state index is 0.177. The van der Waals surface area contributed by atoms with E-state index in [1.807, 2.05) is 13.0 Å². The van der Waals surface area contributed by atoms with E-state index in [0.717, 1.165) is 43.8 Å². The smallest absolute Gasteiger partial charge is 0.123 e. The van der Waals surface area contributed by atoms with Crippen LogP contribution < -0.4 is 10.6 Å². The molecule has 3 nitrogen and oxygen atoms in total. The molecule has 2 rings (SSSR count). The predicted octanol–water partition coefficient (Wildman–Crippen LogP) is 2.85. The summed E-state index contributed by atoms with van der Waals surface area (Å²) in [6.45, 7) is 6.56. The Kier molecular flexibility index (Phi) is 4.77. The number of hydrogen-bond acceptors (Lipinski definition) is 3. The molecule has 4 heteroatoms. The molecule has 0 radical (unpaired) electrons. The lowest BCUT2D eigenvalue weighted by atomic mass is 10.0. The number of ether oxygens (including phenoxy) is 1. The summed E-state index contributed by atoms with van der Waals surface area (Å²) in [5, 5.41) is 0. The summed E-state index contributed by atoms with van der Waals surface area (Å²) >= 11 is 0. The lowest BCUT2D eigenvalue weighted by Gasteiger charge is -2.29. The highest BCUT2D eigenvalue weighted by Gasteiger charge is 2.21. The van der Waals surface area contributed by atoms with Crippen LogP contribution >= 0.6 is 0 Å². The summed E-state index contributed by atoms with van der Waals surface area (Å²) in [6, 6.07) is 4.69. The standard InChI is InChI=1S/C15H23FN2O/c1-3-18(10-13-5-4-8-19-13)15-7-6-12(16)9-14(15)11(2)17/h6-7,9,11,13H,3-5,8,10,17H2,1-2H3/t11-,13?/m0/s1. The third kappa shape index (κ3) is 3.45. The number of anilines is 1. The van der Waals surface area contributed by atoms with Crippen molar-refractivity contribution < 1.29 is 9.13 Å². The summed E-state index contributed by atoms with van der Waals surface area (Å²) in [4.78, 5) is 2.23. The summed E-state index contributed by atoms with van der Waals surface area (Å²) in [6.07, 6.45) is 2.52. The zero-order valence-electron chi connectivity index (χ0n) is 11.7. The summed E-state index contributed by atoms with van der Waals surface area (Å²) in [7, 11) is 0. The van der Waals surface area contributed by atoms with Gasteiger partial charge in [0.25, 0.3) is 0 Å². The van der Waals surface area contributed by atoms with Crippen LogP contribution in [0.5, 0.6) is 0 Å². The largest absolute Gasteiger partial charge is 0.376 e. The van der Waals surface area contributed by atoms with E-state index in [0.29, 0.717) is 0 Å². The molecule has 1 unspecified atom stereocenters. The van der Waals surface area contributed by atoms with E-state index in [-0.39, 0.29) is 18.0 Å². The number of halogens is 1. The molecule has 1 aromatic rings. The Morgan fingerprint density at radius 1 is 1.53 bits per heavy atom. The molecule has 106 valence electrons. The zero-order valence-corrected chi connectivity index (χ0v) is 11.7. The van der Waals surface area contributed by atoms with Crippen LogP contribution in [0.4, 0.5) is 10.1 Å². The van der Waals surface area contributed by atoms with Gasteiger partial charge in [0.2, 0.25) is 0 Å². The number of likely N-dealkylation sites (N-methyl/N-ethyl adjacent to an activating group) is 1. The van der Waals surface area contributed by atoms with Crippen molar-refractivity contribution in [3.05, 3.63) is 29.6 Å². The van der Waals surface area contributed by atoms with Crippen LogP contribution in [0.3, 0.4) is 0 Å². The number of hydrogen-bond donors (Lipinski definition) is 1. The van der Waals surface area contributed by atoms with Crippen LogP contribution in [0.1, 0.15) is 38.3 Å². The second-order valence-corrected chi connectivity index (χ2v) is 5.17. The number of nitrogens with zero attached hydrogens (tertiary/aromatic N) is 1. The first-order chi connectivity index (χ1) is 9.11. The molecule has 0 saturated carbocycles. The normalized spacial score (nSPS) is 20.5. The molecule has 19 heavy (non-hydrogen) atoms. The molecule has 1 heterocycles. The molecule has 1 aliphatic heterocycles. The van der Waals surface area contributed by atoms with Crippen LogP contribution in [0.2, 0.25) is 0 Å². The first-order valence-electron chi connectivity index (χ1n) is 7.03. The Bertz CT molecular complexity index is 417. The Balaban J connectivity index is 2.21. The quantitative estimate of drug-likeness (QED) is 0.890. The average Bonchev–Trinajstić information content (AvgIpc) is 2.89. The van der Waals surface area contributed by atoms with E-state index in [4.69, 9.17) is 10.5 Å². The van der Waals surface area contributed by atoms with Crippen molar-refractivity contribution in [3.8, 4) is 0 Å². The average molecular weight is 266 g/mol. The molecule has 1 saturated heterocycles. The van der Waals surface area contributed by atoms with Crippen molar-refractivity contribution in [1.29, 1.82) is 0 Å². The van der Waals surface area contributed by atoms with Gasteiger partial charge in [0.05, 0.1) is 6.10 Å². The lowest BCUT2D eigenvalue weighted by Crippen LogP contribution is -2.33.